The van der Waals surface area contributed by atoms with Gasteiger partial charge in [-0.1, -0.05) is 22.9 Å². The lowest BCUT2D eigenvalue weighted by molar-refractivity contribution is -0.135. The highest BCUT2D eigenvalue weighted by Gasteiger charge is 2.36. The van der Waals surface area contributed by atoms with E-state index < -0.39 is 22.7 Å². The molecule has 0 aromatic heterocycles. The molecule has 1 aromatic rings. The Bertz CT molecular complexity index is 560. The standard InChI is InChI=1S/C10H12BrF3N2O2S/c1-2-16(6-10(12,13)14)19(17,18)9-4-3-7(11)5-8(9)15/h3-5H,2,6,15H2,1H3. The van der Waals surface area contributed by atoms with E-state index in [2.05, 4.69) is 15.9 Å². The van der Waals surface area contributed by atoms with Gasteiger partial charge in [0.05, 0.1) is 5.69 Å². The molecule has 0 unspecified atom stereocenters. The quantitative estimate of drug-likeness (QED) is 0.839. The maximum absolute atomic E-state index is 12.4. The maximum Gasteiger partial charge on any atom is 0.402 e. The van der Waals surface area contributed by atoms with Gasteiger partial charge in [-0.3, -0.25) is 0 Å². The Balaban J connectivity index is 3.21. The van der Waals surface area contributed by atoms with Gasteiger partial charge in [-0.05, 0) is 18.2 Å². The highest BCUT2D eigenvalue weighted by molar-refractivity contribution is 9.10. The molecule has 0 bridgehead atoms. The first kappa shape index (κ1) is 16.3. The van der Waals surface area contributed by atoms with Crippen molar-refractivity contribution in [2.75, 3.05) is 18.8 Å². The lowest BCUT2D eigenvalue weighted by Gasteiger charge is -2.22. The fourth-order valence-electron chi connectivity index (χ4n) is 1.46. The molecule has 0 saturated carbocycles. The minimum Gasteiger partial charge on any atom is -0.398 e. The minimum atomic E-state index is -4.60. The van der Waals surface area contributed by atoms with Gasteiger partial charge in [0.15, 0.2) is 0 Å². The molecule has 0 heterocycles. The molecule has 0 saturated heterocycles. The third-order valence-corrected chi connectivity index (χ3v) is 4.79. The number of rotatable bonds is 4. The molecule has 0 fully saturated rings. The summed E-state index contributed by atoms with van der Waals surface area (Å²) in [6.07, 6.45) is -4.60. The topological polar surface area (TPSA) is 63.4 Å². The Morgan fingerprint density at radius 3 is 2.37 bits per heavy atom. The third-order valence-electron chi connectivity index (χ3n) is 2.30. The van der Waals surface area contributed by atoms with Crippen molar-refractivity contribution in [2.45, 2.75) is 18.0 Å². The summed E-state index contributed by atoms with van der Waals surface area (Å²) in [7, 11) is -4.26. The number of hydrogen-bond donors (Lipinski definition) is 1. The van der Waals surface area contributed by atoms with Gasteiger partial charge in [0, 0.05) is 11.0 Å². The zero-order chi connectivity index (χ0) is 14.8. The second kappa shape index (κ2) is 5.68. The van der Waals surface area contributed by atoms with E-state index in [9.17, 15) is 21.6 Å². The first-order chi connectivity index (χ1) is 8.58. The molecular weight excluding hydrogens is 349 g/mol. The fraction of sp³-hybridized carbons (Fsp3) is 0.400. The van der Waals surface area contributed by atoms with Gasteiger partial charge in [0.1, 0.15) is 11.4 Å². The predicted octanol–water partition coefficient (Wildman–Crippen LogP) is 2.60. The van der Waals surface area contributed by atoms with Crippen molar-refractivity contribution >= 4 is 31.6 Å². The van der Waals surface area contributed by atoms with E-state index in [0.717, 1.165) is 0 Å². The Kier molecular flexibility index (Phi) is 4.86. The molecule has 4 nitrogen and oxygen atoms in total. The number of hydrogen-bond acceptors (Lipinski definition) is 3. The molecule has 0 radical (unpaired) electrons. The van der Waals surface area contributed by atoms with E-state index in [0.29, 0.717) is 8.78 Å². The lowest BCUT2D eigenvalue weighted by atomic mass is 10.3. The number of benzene rings is 1. The van der Waals surface area contributed by atoms with E-state index in [-0.39, 0.29) is 17.1 Å². The summed E-state index contributed by atoms with van der Waals surface area (Å²) in [6, 6.07) is 3.91. The number of nitrogens with zero attached hydrogens (tertiary/aromatic N) is 1. The van der Waals surface area contributed by atoms with Crippen LogP contribution in [0.3, 0.4) is 0 Å². The van der Waals surface area contributed by atoms with E-state index in [1.54, 1.807) is 0 Å². The van der Waals surface area contributed by atoms with E-state index >= 15 is 0 Å². The van der Waals surface area contributed by atoms with Crippen molar-refractivity contribution in [1.29, 1.82) is 0 Å². The van der Waals surface area contributed by atoms with Crippen LogP contribution in [0.25, 0.3) is 0 Å². The lowest BCUT2D eigenvalue weighted by Crippen LogP contribution is -2.39. The van der Waals surface area contributed by atoms with Crippen LogP contribution in [0, 0.1) is 0 Å². The second-order valence-corrected chi connectivity index (χ2v) is 6.55. The summed E-state index contributed by atoms with van der Waals surface area (Å²) in [5.41, 5.74) is 5.44. The largest absolute Gasteiger partial charge is 0.402 e. The second-order valence-electron chi connectivity index (χ2n) is 3.73. The number of alkyl halides is 3. The number of anilines is 1. The van der Waals surface area contributed by atoms with Crippen molar-refractivity contribution in [1.82, 2.24) is 4.31 Å². The summed E-state index contributed by atoms with van der Waals surface area (Å²) in [5.74, 6) is 0. The predicted molar refractivity (Wildman–Crippen MR) is 69.0 cm³/mol. The van der Waals surface area contributed by atoms with Crippen LogP contribution in [0.2, 0.25) is 0 Å². The van der Waals surface area contributed by atoms with Gasteiger partial charge in [-0.25, -0.2) is 8.42 Å². The van der Waals surface area contributed by atoms with Crippen LogP contribution in [-0.2, 0) is 10.0 Å². The van der Waals surface area contributed by atoms with Gasteiger partial charge >= 0.3 is 6.18 Å². The fourth-order valence-corrected chi connectivity index (χ4v) is 3.37. The first-order valence-electron chi connectivity index (χ1n) is 5.20. The molecular formula is C10H12BrF3N2O2S. The molecule has 108 valence electrons. The molecule has 1 aromatic carbocycles. The summed E-state index contributed by atoms with van der Waals surface area (Å²) in [4.78, 5) is -0.332. The molecule has 0 aliphatic rings. The van der Waals surface area contributed by atoms with Crippen LogP contribution in [0.5, 0.6) is 0 Å². The number of nitrogens with two attached hydrogens (primary N) is 1. The normalized spacial score (nSPS) is 12.9. The third kappa shape index (κ3) is 4.08. The van der Waals surface area contributed by atoms with Crippen LogP contribution >= 0.6 is 15.9 Å². The number of sulfonamides is 1. The van der Waals surface area contributed by atoms with Crippen LogP contribution in [0.15, 0.2) is 27.6 Å². The van der Waals surface area contributed by atoms with Gasteiger partial charge in [-0.15, -0.1) is 0 Å². The van der Waals surface area contributed by atoms with E-state index in [4.69, 9.17) is 5.73 Å². The van der Waals surface area contributed by atoms with Gasteiger partial charge in [0.25, 0.3) is 0 Å². The van der Waals surface area contributed by atoms with E-state index in [1.165, 1.54) is 25.1 Å². The van der Waals surface area contributed by atoms with Crippen LogP contribution in [0.1, 0.15) is 6.92 Å². The highest BCUT2D eigenvalue weighted by Crippen LogP contribution is 2.27. The summed E-state index contributed by atoms with van der Waals surface area (Å²) in [5, 5.41) is 0. The van der Waals surface area contributed by atoms with E-state index in [1.807, 2.05) is 0 Å². The SMILES string of the molecule is CCN(CC(F)(F)F)S(=O)(=O)c1ccc(Br)cc1N. The van der Waals surface area contributed by atoms with Crippen molar-refractivity contribution in [3.05, 3.63) is 22.7 Å². The molecule has 19 heavy (non-hydrogen) atoms. The van der Waals surface area contributed by atoms with Gasteiger partial charge in [0.2, 0.25) is 10.0 Å². The molecule has 0 amide bonds. The molecule has 0 aliphatic heterocycles. The van der Waals surface area contributed by atoms with Crippen molar-refractivity contribution in [2.24, 2.45) is 0 Å². The Hall–Kier alpha value is -0.800. The van der Waals surface area contributed by atoms with Gasteiger partial charge in [-0.2, -0.15) is 17.5 Å². The number of nitrogen functional groups attached to an aromatic ring is 1. The molecule has 0 spiro atoms. The monoisotopic (exact) mass is 360 g/mol. The van der Waals surface area contributed by atoms with Crippen LogP contribution in [0.4, 0.5) is 18.9 Å². The van der Waals surface area contributed by atoms with Crippen LogP contribution < -0.4 is 5.73 Å². The summed E-state index contributed by atoms with van der Waals surface area (Å²) >= 11 is 3.10. The molecule has 0 atom stereocenters. The Labute approximate surface area is 117 Å². The first-order valence-corrected chi connectivity index (χ1v) is 7.43. The Morgan fingerprint density at radius 2 is 1.95 bits per heavy atom. The molecule has 2 N–H and O–H groups in total. The zero-order valence-electron chi connectivity index (χ0n) is 9.91. The smallest absolute Gasteiger partial charge is 0.398 e. The van der Waals surface area contributed by atoms with Crippen molar-refractivity contribution < 1.29 is 21.6 Å². The average Bonchev–Trinajstić information content (AvgIpc) is 2.23. The van der Waals surface area contributed by atoms with Crippen LogP contribution in [-0.4, -0.2) is 32.0 Å². The van der Waals surface area contributed by atoms with Gasteiger partial charge < -0.3 is 5.73 Å². The zero-order valence-corrected chi connectivity index (χ0v) is 12.3. The summed E-state index contributed by atoms with van der Waals surface area (Å²) < 4.78 is 62.2. The number of halogens is 4. The van der Waals surface area contributed by atoms with Crippen molar-refractivity contribution in [3.63, 3.8) is 0 Å². The molecule has 1 rings (SSSR count). The molecule has 0 aliphatic carbocycles. The Morgan fingerprint density at radius 1 is 1.37 bits per heavy atom. The summed E-state index contributed by atoms with van der Waals surface area (Å²) in [6.45, 7) is -0.503. The van der Waals surface area contributed by atoms with Crippen molar-refractivity contribution in [3.8, 4) is 0 Å². The average molecular weight is 361 g/mol. The maximum atomic E-state index is 12.4. The minimum absolute atomic E-state index is 0.102. The molecule has 9 heteroatoms. The highest BCUT2D eigenvalue weighted by atomic mass is 79.9.